The van der Waals surface area contributed by atoms with Gasteiger partial charge in [0.1, 0.15) is 11.6 Å². The van der Waals surface area contributed by atoms with Crippen molar-refractivity contribution < 1.29 is 18.3 Å². The van der Waals surface area contributed by atoms with Gasteiger partial charge in [0.15, 0.2) is 17.9 Å². The van der Waals surface area contributed by atoms with E-state index in [1.807, 2.05) is 13.8 Å². The highest BCUT2D eigenvalue weighted by atomic mass is 19.1. The maximum atomic E-state index is 14.1. The zero-order valence-electron chi connectivity index (χ0n) is 12.6. The van der Waals surface area contributed by atoms with Gasteiger partial charge in [0.2, 0.25) is 0 Å². The van der Waals surface area contributed by atoms with Crippen LogP contribution in [0, 0.1) is 12.7 Å². The van der Waals surface area contributed by atoms with Gasteiger partial charge >= 0.3 is 0 Å². The first kappa shape index (κ1) is 15.3. The Morgan fingerprint density at radius 3 is 2.52 bits per heavy atom. The van der Waals surface area contributed by atoms with Gasteiger partial charge in [0.05, 0.1) is 26.5 Å². The van der Waals surface area contributed by atoms with Crippen LogP contribution in [0.4, 0.5) is 4.39 Å². The van der Waals surface area contributed by atoms with Gasteiger partial charge in [-0.2, -0.15) is 0 Å². The summed E-state index contributed by atoms with van der Waals surface area (Å²) in [7, 11) is 3.00. The molecule has 1 atom stereocenters. The molecule has 0 saturated carbocycles. The molecule has 114 valence electrons. The Hall–Kier alpha value is -2.08. The molecule has 0 spiro atoms. The predicted octanol–water partition coefficient (Wildman–Crippen LogP) is 2.99. The number of methoxy groups -OCH3 is 2. The van der Waals surface area contributed by atoms with Crippen LogP contribution in [0.5, 0.6) is 11.5 Å². The number of aryl methyl sites for hydroxylation is 1. The molecule has 0 amide bonds. The molecule has 0 fully saturated rings. The van der Waals surface area contributed by atoms with E-state index in [-0.39, 0.29) is 11.9 Å². The third-order valence-electron chi connectivity index (χ3n) is 3.38. The molecule has 0 aliphatic carbocycles. The lowest BCUT2D eigenvalue weighted by Gasteiger charge is -2.17. The minimum atomic E-state index is -0.345. The van der Waals surface area contributed by atoms with E-state index in [0.717, 1.165) is 11.5 Å². The Kier molecular flexibility index (Phi) is 4.80. The smallest absolute Gasteiger partial charge is 0.181 e. The van der Waals surface area contributed by atoms with E-state index >= 15 is 0 Å². The van der Waals surface area contributed by atoms with Gasteiger partial charge in [-0.25, -0.2) is 9.37 Å². The highest BCUT2D eigenvalue weighted by Gasteiger charge is 2.16. The molecule has 1 aromatic heterocycles. The molecular weight excluding hydrogens is 275 g/mol. The highest BCUT2D eigenvalue weighted by Crippen LogP contribution is 2.32. The average molecular weight is 294 g/mol. The highest BCUT2D eigenvalue weighted by molar-refractivity contribution is 5.44. The second-order valence-electron chi connectivity index (χ2n) is 4.69. The van der Waals surface area contributed by atoms with Gasteiger partial charge in [0, 0.05) is 17.7 Å². The molecule has 6 heteroatoms. The number of oxazole rings is 1. The summed E-state index contributed by atoms with van der Waals surface area (Å²) in [6, 6.07) is 2.75. The number of ether oxygens (including phenoxy) is 2. The molecule has 0 saturated heterocycles. The van der Waals surface area contributed by atoms with Crippen molar-refractivity contribution in [3.05, 3.63) is 41.4 Å². The van der Waals surface area contributed by atoms with E-state index in [4.69, 9.17) is 13.9 Å². The van der Waals surface area contributed by atoms with Crippen molar-refractivity contribution in [3.8, 4) is 11.5 Å². The first-order valence-electron chi connectivity index (χ1n) is 6.60. The summed E-state index contributed by atoms with van der Waals surface area (Å²) in [6.45, 7) is 4.21. The summed E-state index contributed by atoms with van der Waals surface area (Å²) in [5.41, 5.74) is 1.33. The summed E-state index contributed by atoms with van der Waals surface area (Å²) in [5, 5.41) is 3.20. The topological polar surface area (TPSA) is 56.5 Å². The minimum Gasteiger partial charge on any atom is -0.493 e. The van der Waals surface area contributed by atoms with Crippen LogP contribution >= 0.6 is 0 Å². The van der Waals surface area contributed by atoms with Crippen molar-refractivity contribution in [2.45, 2.75) is 26.4 Å². The van der Waals surface area contributed by atoms with Gasteiger partial charge in [-0.1, -0.05) is 0 Å². The Labute approximate surface area is 123 Å². The second kappa shape index (κ2) is 6.58. The summed E-state index contributed by atoms with van der Waals surface area (Å²) >= 11 is 0. The standard InChI is InChI=1S/C15H19FN2O3/c1-9(17-7-15-10(2)18-8-21-15)11-5-13(19-3)14(20-4)6-12(11)16/h5-6,8-9,17H,7H2,1-4H3/t9-/m0/s1. The van der Waals surface area contributed by atoms with Crippen molar-refractivity contribution in [1.29, 1.82) is 0 Å². The van der Waals surface area contributed by atoms with Crippen LogP contribution in [0.2, 0.25) is 0 Å². The molecule has 0 unspecified atom stereocenters. The first-order chi connectivity index (χ1) is 10.1. The van der Waals surface area contributed by atoms with E-state index in [0.29, 0.717) is 23.6 Å². The Balaban J connectivity index is 2.15. The fourth-order valence-electron chi connectivity index (χ4n) is 2.05. The lowest BCUT2D eigenvalue weighted by atomic mass is 10.1. The van der Waals surface area contributed by atoms with Gasteiger partial charge in [-0.3, -0.25) is 0 Å². The van der Waals surface area contributed by atoms with E-state index in [1.165, 1.54) is 26.7 Å². The monoisotopic (exact) mass is 294 g/mol. The molecule has 0 aliphatic heterocycles. The molecule has 1 aromatic carbocycles. The van der Waals surface area contributed by atoms with E-state index < -0.39 is 0 Å². The van der Waals surface area contributed by atoms with Gasteiger partial charge in [-0.15, -0.1) is 0 Å². The first-order valence-corrected chi connectivity index (χ1v) is 6.60. The van der Waals surface area contributed by atoms with Crippen LogP contribution in [-0.4, -0.2) is 19.2 Å². The number of rotatable bonds is 6. The minimum absolute atomic E-state index is 0.214. The summed E-state index contributed by atoms with van der Waals surface area (Å²) in [5.74, 6) is 1.26. The van der Waals surface area contributed by atoms with Crippen LogP contribution in [-0.2, 0) is 6.54 Å². The zero-order valence-corrected chi connectivity index (χ0v) is 12.6. The maximum absolute atomic E-state index is 14.1. The lowest BCUT2D eigenvalue weighted by Crippen LogP contribution is -2.19. The van der Waals surface area contributed by atoms with Crippen LogP contribution in [0.3, 0.4) is 0 Å². The van der Waals surface area contributed by atoms with Crippen molar-refractivity contribution in [3.63, 3.8) is 0 Å². The Morgan fingerprint density at radius 1 is 1.29 bits per heavy atom. The molecule has 2 rings (SSSR count). The van der Waals surface area contributed by atoms with Gasteiger partial charge in [0.25, 0.3) is 0 Å². The molecular formula is C15H19FN2O3. The number of benzene rings is 1. The zero-order chi connectivity index (χ0) is 15.4. The van der Waals surface area contributed by atoms with Gasteiger partial charge in [-0.05, 0) is 19.9 Å². The number of nitrogens with zero attached hydrogens (tertiary/aromatic N) is 1. The number of halogens is 1. The fraction of sp³-hybridized carbons (Fsp3) is 0.400. The van der Waals surface area contributed by atoms with Crippen molar-refractivity contribution in [1.82, 2.24) is 10.3 Å². The number of nitrogens with one attached hydrogen (secondary N) is 1. The molecule has 0 aliphatic rings. The summed E-state index contributed by atoms with van der Waals surface area (Å²) in [6.07, 6.45) is 1.40. The Bertz CT molecular complexity index is 613. The summed E-state index contributed by atoms with van der Waals surface area (Å²) < 4.78 is 29.7. The van der Waals surface area contributed by atoms with Crippen molar-refractivity contribution >= 4 is 0 Å². The lowest BCUT2D eigenvalue weighted by molar-refractivity contribution is 0.350. The maximum Gasteiger partial charge on any atom is 0.181 e. The van der Waals surface area contributed by atoms with Gasteiger partial charge < -0.3 is 19.2 Å². The molecule has 5 nitrogen and oxygen atoms in total. The fourth-order valence-corrected chi connectivity index (χ4v) is 2.05. The predicted molar refractivity (Wildman–Crippen MR) is 76.0 cm³/mol. The van der Waals surface area contributed by atoms with E-state index in [2.05, 4.69) is 10.3 Å². The molecule has 0 radical (unpaired) electrons. The van der Waals surface area contributed by atoms with Crippen molar-refractivity contribution in [2.75, 3.05) is 14.2 Å². The number of aromatic nitrogens is 1. The molecule has 1 N–H and O–H groups in total. The Morgan fingerprint density at radius 2 is 1.95 bits per heavy atom. The third kappa shape index (κ3) is 3.33. The van der Waals surface area contributed by atoms with Crippen molar-refractivity contribution in [2.24, 2.45) is 0 Å². The normalized spacial score (nSPS) is 12.2. The number of hydrogen-bond donors (Lipinski definition) is 1. The third-order valence-corrected chi connectivity index (χ3v) is 3.38. The quantitative estimate of drug-likeness (QED) is 0.887. The molecule has 21 heavy (non-hydrogen) atoms. The van der Waals surface area contributed by atoms with Crippen LogP contribution < -0.4 is 14.8 Å². The molecule has 2 aromatic rings. The van der Waals surface area contributed by atoms with E-state index in [1.54, 1.807) is 6.07 Å². The largest absolute Gasteiger partial charge is 0.493 e. The second-order valence-corrected chi connectivity index (χ2v) is 4.69. The van der Waals surface area contributed by atoms with Crippen LogP contribution in [0.25, 0.3) is 0 Å². The molecule has 1 heterocycles. The van der Waals surface area contributed by atoms with Crippen LogP contribution in [0.1, 0.15) is 30.0 Å². The van der Waals surface area contributed by atoms with E-state index in [9.17, 15) is 4.39 Å². The van der Waals surface area contributed by atoms with Crippen LogP contribution in [0.15, 0.2) is 22.9 Å². The average Bonchev–Trinajstić information content (AvgIpc) is 2.89. The summed E-state index contributed by atoms with van der Waals surface area (Å²) in [4.78, 5) is 4.02. The number of hydrogen-bond acceptors (Lipinski definition) is 5. The molecule has 0 bridgehead atoms. The SMILES string of the molecule is COc1cc(F)c([C@H](C)NCc2ocnc2C)cc1OC.